The van der Waals surface area contributed by atoms with E-state index in [1.165, 1.54) is 6.34 Å². The van der Waals surface area contributed by atoms with Gasteiger partial charge in [-0.25, -0.2) is 18.8 Å². The Morgan fingerprint density at radius 1 is 1.30 bits per heavy atom. The average Bonchev–Trinajstić information content (AvgIpc) is 3.11. The number of alkyl halides is 3. The Morgan fingerprint density at radius 2 is 2.00 bits per heavy atom. The number of amidine groups is 1. The van der Waals surface area contributed by atoms with Crippen molar-refractivity contribution in [3.05, 3.63) is 34.5 Å². The molecule has 2 aliphatic rings. The first-order valence-electron chi connectivity index (χ1n) is 8.83. The standard InChI is InChI=1S/C17H18ClF5N6O/c1-24-3-2-4-30-9-5-10(19)12(11(20)6-9)13-14(18)28-16-26-8-27-29(16)15(13)25-7-17(21,22)23/h5-6,8,16,24,28H,2-4,7H2,1H3,(H,26,27). The fourth-order valence-electron chi connectivity index (χ4n) is 2.84. The van der Waals surface area contributed by atoms with Crippen molar-refractivity contribution in [3.8, 4) is 5.75 Å². The van der Waals surface area contributed by atoms with Crippen LogP contribution in [0, 0.1) is 11.6 Å². The minimum Gasteiger partial charge on any atom is -0.493 e. The summed E-state index contributed by atoms with van der Waals surface area (Å²) in [6.45, 7) is -0.696. The van der Waals surface area contributed by atoms with Gasteiger partial charge in [-0.3, -0.25) is 10.4 Å². The van der Waals surface area contributed by atoms with Crippen LogP contribution in [0.15, 0.2) is 27.3 Å². The van der Waals surface area contributed by atoms with Crippen LogP contribution in [0.3, 0.4) is 0 Å². The van der Waals surface area contributed by atoms with Gasteiger partial charge in [0.25, 0.3) is 0 Å². The SMILES string of the molecule is CNCCCOc1cc(F)c(C2=C(Cl)NC3N=CNN3C2=NCC(F)(F)F)c(F)c1. The highest BCUT2D eigenvalue weighted by Crippen LogP contribution is 2.34. The molecule has 0 fully saturated rings. The predicted molar refractivity (Wildman–Crippen MR) is 102 cm³/mol. The summed E-state index contributed by atoms with van der Waals surface area (Å²) in [6.07, 6.45) is -3.73. The summed E-state index contributed by atoms with van der Waals surface area (Å²) in [5.74, 6) is -2.59. The molecule has 13 heteroatoms. The maximum absolute atomic E-state index is 14.8. The highest BCUT2D eigenvalue weighted by molar-refractivity contribution is 6.40. The lowest BCUT2D eigenvalue weighted by Crippen LogP contribution is -2.53. The van der Waals surface area contributed by atoms with E-state index in [0.717, 1.165) is 17.1 Å². The molecule has 30 heavy (non-hydrogen) atoms. The molecule has 2 heterocycles. The van der Waals surface area contributed by atoms with Gasteiger partial charge in [0, 0.05) is 12.1 Å². The van der Waals surface area contributed by atoms with Crippen molar-refractivity contribution in [1.82, 2.24) is 21.1 Å². The fraction of sp³-hybridized carbons (Fsp3) is 0.412. The van der Waals surface area contributed by atoms with Crippen molar-refractivity contribution in [2.45, 2.75) is 18.9 Å². The molecule has 1 unspecified atom stereocenters. The lowest BCUT2D eigenvalue weighted by molar-refractivity contribution is -0.118. The second-order valence-corrected chi connectivity index (χ2v) is 6.68. The molecule has 0 spiro atoms. The van der Waals surface area contributed by atoms with E-state index < -0.39 is 42.0 Å². The first-order chi connectivity index (χ1) is 14.2. The number of hydrogen-bond acceptors (Lipinski definition) is 6. The molecule has 0 aliphatic carbocycles. The van der Waals surface area contributed by atoms with E-state index in [2.05, 4.69) is 26.0 Å². The lowest BCUT2D eigenvalue weighted by Gasteiger charge is -2.33. The second kappa shape index (κ2) is 9.04. The monoisotopic (exact) mass is 452 g/mol. The summed E-state index contributed by atoms with van der Waals surface area (Å²) in [7, 11) is 1.76. The number of nitrogens with one attached hydrogen (secondary N) is 3. The Kier molecular flexibility index (Phi) is 6.66. The number of ether oxygens (including phenoxy) is 1. The van der Waals surface area contributed by atoms with Crippen LogP contribution >= 0.6 is 11.6 Å². The number of hydrazine groups is 1. The topological polar surface area (TPSA) is 73.3 Å². The third kappa shape index (κ3) is 4.93. The number of aliphatic imine (C=N–C) groups is 2. The second-order valence-electron chi connectivity index (χ2n) is 6.31. The zero-order valence-electron chi connectivity index (χ0n) is 15.7. The molecular weight excluding hydrogens is 435 g/mol. The number of rotatable bonds is 7. The third-order valence-corrected chi connectivity index (χ3v) is 4.40. The molecule has 164 valence electrons. The highest BCUT2D eigenvalue weighted by atomic mass is 35.5. The van der Waals surface area contributed by atoms with Gasteiger partial charge in [-0.15, -0.1) is 0 Å². The molecule has 1 aromatic rings. The van der Waals surface area contributed by atoms with E-state index in [9.17, 15) is 22.0 Å². The van der Waals surface area contributed by atoms with Crippen LogP contribution in [0.4, 0.5) is 22.0 Å². The maximum atomic E-state index is 14.8. The van der Waals surface area contributed by atoms with Crippen LogP contribution in [0.2, 0.25) is 0 Å². The smallest absolute Gasteiger partial charge is 0.408 e. The molecule has 0 radical (unpaired) electrons. The molecule has 3 rings (SSSR count). The third-order valence-electron chi connectivity index (χ3n) is 4.10. The van der Waals surface area contributed by atoms with E-state index in [1.807, 2.05) is 0 Å². The van der Waals surface area contributed by atoms with Gasteiger partial charge in [-0.05, 0) is 20.0 Å². The molecule has 2 aliphatic heterocycles. The van der Waals surface area contributed by atoms with Crippen molar-refractivity contribution in [1.29, 1.82) is 0 Å². The van der Waals surface area contributed by atoms with Crippen LogP contribution in [0.25, 0.3) is 5.57 Å². The predicted octanol–water partition coefficient (Wildman–Crippen LogP) is 2.56. The Bertz CT molecular complexity index is 865. The Morgan fingerprint density at radius 3 is 2.63 bits per heavy atom. The van der Waals surface area contributed by atoms with Gasteiger partial charge in [0.05, 0.1) is 17.7 Å². The molecule has 0 bridgehead atoms. The quantitative estimate of drug-likeness (QED) is 0.337. The molecule has 1 aromatic carbocycles. The van der Waals surface area contributed by atoms with Gasteiger partial charge in [0.15, 0.2) is 5.84 Å². The largest absolute Gasteiger partial charge is 0.493 e. The van der Waals surface area contributed by atoms with Crippen LogP contribution in [-0.2, 0) is 0 Å². The number of halogens is 6. The molecule has 0 saturated carbocycles. The summed E-state index contributed by atoms with van der Waals surface area (Å²) in [5.41, 5.74) is 1.56. The number of hydrogen-bond donors (Lipinski definition) is 3. The van der Waals surface area contributed by atoms with Gasteiger partial charge < -0.3 is 15.4 Å². The Balaban J connectivity index is 1.97. The summed E-state index contributed by atoms with van der Waals surface area (Å²) in [5, 5.41) is 6.36. The van der Waals surface area contributed by atoms with Gasteiger partial charge in [-0.1, -0.05) is 11.6 Å². The van der Waals surface area contributed by atoms with E-state index in [0.29, 0.717) is 13.0 Å². The van der Waals surface area contributed by atoms with Crippen LogP contribution in [0.1, 0.15) is 12.0 Å². The molecule has 3 N–H and O–H groups in total. The number of benzene rings is 1. The zero-order valence-corrected chi connectivity index (χ0v) is 16.4. The highest BCUT2D eigenvalue weighted by Gasteiger charge is 2.38. The van der Waals surface area contributed by atoms with Gasteiger partial charge in [0.2, 0.25) is 6.29 Å². The van der Waals surface area contributed by atoms with Gasteiger partial charge in [0.1, 0.15) is 35.4 Å². The maximum Gasteiger partial charge on any atom is 0.408 e. The first-order valence-corrected chi connectivity index (χ1v) is 9.21. The van der Waals surface area contributed by atoms with E-state index in [-0.39, 0.29) is 23.1 Å². The lowest BCUT2D eigenvalue weighted by atomic mass is 10.0. The molecule has 0 amide bonds. The average molecular weight is 453 g/mol. The minimum atomic E-state index is -4.63. The van der Waals surface area contributed by atoms with Crippen molar-refractivity contribution in [3.63, 3.8) is 0 Å². The molecule has 1 atom stereocenters. The van der Waals surface area contributed by atoms with Crippen LogP contribution < -0.4 is 20.8 Å². The summed E-state index contributed by atoms with van der Waals surface area (Å²) in [6, 6.07) is 1.88. The van der Waals surface area contributed by atoms with Crippen molar-refractivity contribution >= 4 is 29.3 Å². The molecule has 7 nitrogen and oxygen atoms in total. The number of fused-ring (bicyclic) bond motifs is 1. The van der Waals surface area contributed by atoms with E-state index in [1.54, 1.807) is 7.05 Å². The number of nitrogens with zero attached hydrogens (tertiary/aromatic N) is 3. The van der Waals surface area contributed by atoms with Gasteiger partial charge in [-0.2, -0.15) is 13.2 Å². The molecular formula is C17H18ClF5N6O. The van der Waals surface area contributed by atoms with Crippen LogP contribution in [-0.4, -0.2) is 56.4 Å². The van der Waals surface area contributed by atoms with Gasteiger partial charge >= 0.3 is 6.18 Å². The van der Waals surface area contributed by atoms with E-state index in [4.69, 9.17) is 16.3 Å². The van der Waals surface area contributed by atoms with E-state index >= 15 is 0 Å². The Hall–Kier alpha value is -2.60. The minimum absolute atomic E-state index is 0.0559. The molecule has 0 saturated heterocycles. The van der Waals surface area contributed by atoms with Crippen LogP contribution in [0.5, 0.6) is 5.75 Å². The normalized spacial score (nSPS) is 19.8. The fourth-order valence-corrected chi connectivity index (χ4v) is 3.12. The summed E-state index contributed by atoms with van der Waals surface area (Å²) < 4.78 is 73.3. The summed E-state index contributed by atoms with van der Waals surface area (Å²) >= 11 is 6.14. The Labute approximate surface area is 173 Å². The van der Waals surface area contributed by atoms with Crippen molar-refractivity contribution in [2.24, 2.45) is 9.98 Å². The van der Waals surface area contributed by atoms with Crippen molar-refractivity contribution in [2.75, 3.05) is 26.7 Å². The first kappa shape index (κ1) is 22.1. The zero-order chi connectivity index (χ0) is 21.9. The molecule has 0 aromatic heterocycles. The summed E-state index contributed by atoms with van der Waals surface area (Å²) in [4.78, 5) is 7.43. The van der Waals surface area contributed by atoms with Crippen molar-refractivity contribution < 1.29 is 26.7 Å².